The lowest BCUT2D eigenvalue weighted by Gasteiger charge is -2.37. The van der Waals surface area contributed by atoms with Crippen LogP contribution < -0.4 is 0 Å². The van der Waals surface area contributed by atoms with Crippen LogP contribution in [0.3, 0.4) is 0 Å². The number of hydrogen-bond donors (Lipinski definition) is 0. The van der Waals surface area contributed by atoms with E-state index >= 15 is 0 Å². The average Bonchev–Trinajstić information content (AvgIpc) is 3.68. The molecule has 50 heavy (non-hydrogen) atoms. The van der Waals surface area contributed by atoms with Crippen molar-refractivity contribution in [1.29, 1.82) is 0 Å². The summed E-state index contributed by atoms with van der Waals surface area (Å²) in [7, 11) is 0. The number of rotatable bonds is 7. The highest BCUT2D eigenvalue weighted by molar-refractivity contribution is 7.25. The summed E-state index contributed by atoms with van der Waals surface area (Å²) in [5.41, 5.74) is 5.07. The first-order chi connectivity index (χ1) is 27.7. The minimum absolute atomic E-state index is 0.0167. The molecular formula is C46H31N3S. The molecule has 0 atom stereocenters. The van der Waals surface area contributed by atoms with Crippen LogP contribution in [0.25, 0.3) is 54.3 Å². The van der Waals surface area contributed by atoms with Crippen LogP contribution in [-0.4, -0.2) is 15.0 Å². The number of aromatic nitrogens is 3. The first kappa shape index (κ1) is 23.2. The van der Waals surface area contributed by atoms with Crippen molar-refractivity contribution in [2.45, 2.75) is 5.41 Å². The smallest absolute Gasteiger partial charge is 0.164 e. The molecule has 0 bridgehead atoms. The van der Waals surface area contributed by atoms with Crippen molar-refractivity contribution in [2.75, 3.05) is 0 Å². The van der Waals surface area contributed by atoms with Gasteiger partial charge in [0.1, 0.15) is 0 Å². The van der Waals surface area contributed by atoms with Crippen molar-refractivity contribution >= 4 is 31.5 Å². The van der Waals surface area contributed by atoms with E-state index < -0.39 is 17.5 Å². The zero-order valence-electron chi connectivity index (χ0n) is 33.6. The molecule has 0 aliphatic rings. The molecule has 3 nitrogen and oxygen atoms in total. The van der Waals surface area contributed by atoms with Gasteiger partial charge in [0.25, 0.3) is 0 Å². The zero-order chi connectivity index (χ0) is 39.4. The second-order valence-electron chi connectivity index (χ2n) is 11.9. The van der Waals surface area contributed by atoms with Crippen LogP contribution in [0.2, 0.25) is 0 Å². The topological polar surface area (TPSA) is 38.7 Å². The Morgan fingerprint density at radius 2 is 0.840 bits per heavy atom. The first-order valence-electron chi connectivity index (χ1n) is 19.7. The normalized spacial score (nSPS) is 13.6. The molecule has 0 saturated carbocycles. The fourth-order valence-electron chi connectivity index (χ4n) is 6.68. The van der Waals surface area contributed by atoms with Gasteiger partial charge in [-0.1, -0.05) is 176 Å². The van der Waals surface area contributed by atoms with Crippen molar-refractivity contribution in [3.8, 4) is 34.2 Å². The summed E-state index contributed by atoms with van der Waals surface area (Å²) in [6, 6.07) is 46.7. The van der Waals surface area contributed by atoms with E-state index in [2.05, 4.69) is 84.9 Å². The van der Waals surface area contributed by atoms with Crippen LogP contribution in [0.15, 0.2) is 188 Å². The second kappa shape index (κ2) is 12.7. The molecule has 0 saturated heterocycles. The third-order valence-electron chi connectivity index (χ3n) is 8.97. The lowest BCUT2D eigenvalue weighted by atomic mass is 9.65. The van der Waals surface area contributed by atoms with Gasteiger partial charge in [-0.3, -0.25) is 0 Å². The number of benzene rings is 7. The highest BCUT2D eigenvalue weighted by Gasteiger charge is 2.38. The summed E-state index contributed by atoms with van der Waals surface area (Å²) in [5, 5.41) is 0.283. The van der Waals surface area contributed by atoms with E-state index in [1.165, 1.54) is 0 Å². The summed E-state index contributed by atoms with van der Waals surface area (Å²) in [6.07, 6.45) is 0. The molecule has 4 heteroatoms. The third-order valence-corrected chi connectivity index (χ3v) is 9.99. The summed E-state index contributed by atoms with van der Waals surface area (Å²) in [5.74, 6) is 0.683. The lowest BCUT2D eigenvalue weighted by molar-refractivity contribution is 0.745. The van der Waals surface area contributed by atoms with Gasteiger partial charge < -0.3 is 0 Å². The largest absolute Gasteiger partial charge is 0.208 e. The van der Waals surface area contributed by atoms with E-state index in [4.69, 9.17) is 21.8 Å². The standard InChI is InChI=1S/C46H31N3S/c1-5-15-32(16-6-1)43-47-44(49-45(48-43)34-27-30-40-39-23-13-14-24-41(39)50-42(40)31-34)33-25-28-38(29-26-33)46(35-17-7-2-8-18-35,36-19-9-3-10-20-36)37-21-11-4-12-22-37/h1-31H/i13D,14D,23D,24D,27D,30D,31D. The zero-order valence-corrected chi connectivity index (χ0v) is 27.4. The predicted molar refractivity (Wildman–Crippen MR) is 207 cm³/mol. The maximum atomic E-state index is 9.38. The van der Waals surface area contributed by atoms with Crippen molar-refractivity contribution in [3.63, 3.8) is 0 Å². The molecule has 0 N–H and O–H groups in total. The fourth-order valence-corrected chi connectivity index (χ4v) is 7.65. The molecule has 0 radical (unpaired) electrons. The van der Waals surface area contributed by atoms with Gasteiger partial charge in [-0.15, -0.1) is 11.3 Å². The van der Waals surface area contributed by atoms with Gasteiger partial charge in [0.05, 0.1) is 15.0 Å². The summed E-state index contributed by atoms with van der Waals surface area (Å²) >= 11 is 1.01. The fraction of sp³-hybridized carbons (Fsp3) is 0.0217. The minimum Gasteiger partial charge on any atom is -0.208 e. The molecule has 236 valence electrons. The Morgan fingerprint density at radius 1 is 0.400 bits per heavy atom. The monoisotopic (exact) mass is 664 g/mol. The Labute approximate surface area is 305 Å². The maximum Gasteiger partial charge on any atom is 0.164 e. The van der Waals surface area contributed by atoms with E-state index in [-0.39, 0.29) is 61.8 Å². The molecule has 0 amide bonds. The van der Waals surface area contributed by atoms with Crippen LogP contribution in [0.1, 0.15) is 31.8 Å². The quantitative estimate of drug-likeness (QED) is 0.159. The average molecular weight is 665 g/mol. The van der Waals surface area contributed by atoms with E-state index in [9.17, 15) is 2.74 Å². The van der Waals surface area contributed by atoms with Crippen LogP contribution in [0.4, 0.5) is 0 Å². The molecule has 2 aromatic heterocycles. The van der Waals surface area contributed by atoms with E-state index in [0.717, 1.165) is 33.6 Å². The molecular weight excluding hydrogens is 627 g/mol. The van der Waals surface area contributed by atoms with Crippen LogP contribution in [-0.2, 0) is 5.41 Å². The van der Waals surface area contributed by atoms with Crippen molar-refractivity contribution < 1.29 is 9.60 Å². The van der Waals surface area contributed by atoms with Crippen molar-refractivity contribution in [2.24, 2.45) is 0 Å². The second-order valence-corrected chi connectivity index (χ2v) is 12.9. The molecule has 0 spiro atoms. The van der Waals surface area contributed by atoms with Gasteiger partial charge in [0.15, 0.2) is 17.5 Å². The Kier molecular flexibility index (Phi) is 5.87. The molecule has 0 unspecified atom stereocenters. The van der Waals surface area contributed by atoms with Crippen molar-refractivity contribution in [3.05, 3.63) is 210 Å². The van der Waals surface area contributed by atoms with Gasteiger partial charge in [0.2, 0.25) is 0 Å². The first-order valence-corrected chi connectivity index (χ1v) is 17.0. The minimum atomic E-state index is -0.661. The Balaban J connectivity index is 1.26. The van der Waals surface area contributed by atoms with Gasteiger partial charge in [-0.2, -0.15) is 0 Å². The molecule has 9 aromatic rings. The number of thiophene rings is 1. The van der Waals surface area contributed by atoms with E-state index in [0.29, 0.717) is 22.8 Å². The Hall–Kier alpha value is -6.23. The number of hydrogen-bond acceptors (Lipinski definition) is 4. The number of fused-ring (bicyclic) bond motifs is 3. The van der Waals surface area contributed by atoms with E-state index in [1.807, 2.05) is 60.7 Å². The maximum absolute atomic E-state index is 9.38. The Bertz CT molecular complexity index is 2870. The SMILES string of the molecule is [2H]c1c([2H])c([2H])c2c(sc3c([2H])c(-c4nc(-c5ccccc5)nc(-c5ccc(C(c6ccccc6)(c6ccccc6)c6ccccc6)cc5)n4)c([2H])c([2H])c32)c1[2H]. The third kappa shape index (κ3) is 5.18. The Morgan fingerprint density at radius 3 is 1.40 bits per heavy atom. The molecule has 2 heterocycles. The predicted octanol–water partition coefficient (Wildman–Crippen LogP) is 11.6. The van der Waals surface area contributed by atoms with Gasteiger partial charge in [-0.25, -0.2) is 15.0 Å². The molecule has 9 rings (SSSR count). The highest BCUT2D eigenvalue weighted by atomic mass is 32.1. The van der Waals surface area contributed by atoms with Gasteiger partial charge in [-0.05, 0) is 34.3 Å². The van der Waals surface area contributed by atoms with Crippen LogP contribution >= 0.6 is 11.3 Å². The van der Waals surface area contributed by atoms with Gasteiger partial charge >= 0.3 is 0 Å². The van der Waals surface area contributed by atoms with Crippen LogP contribution in [0, 0.1) is 0 Å². The molecule has 0 aliphatic heterocycles. The van der Waals surface area contributed by atoms with Crippen molar-refractivity contribution in [1.82, 2.24) is 15.0 Å². The molecule has 7 aromatic carbocycles. The summed E-state index contributed by atoms with van der Waals surface area (Å²) < 4.78 is 61.8. The molecule has 0 fully saturated rings. The number of nitrogens with zero attached hydrogens (tertiary/aromatic N) is 3. The van der Waals surface area contributed by atoms with E-state index in [1.54, 1.807) is 0 Å². The van der Waals surface area contributed by atoms with Crippen LogP contribution in [0.5, 0.6) is 0 Å². The highest BCUT2D eigenvalue weighted by Crippen LogP contribution is 2.45. The molecule has 0 aliphatic carbocycles. The van der Waals surface area contributed by atoms with Gasteiger partial charge in [0, 0.05) is 36.9 Å². The lowest BCUT2D eigenvalue weighted by Crippen LogP contribution is -2.30. The summed E-state index contributed by atoms with van der Waals surface area (Å²) in [4.78, 5) is 14.6. The summed E-state index contributed by atoms with van der Waals surface area (Å²) in [6.45, 7) is 0.